The number of rotatable bonds is 7. The zero-order valence-corrected chi connectivity index (χ0v) is 18.4. The maximum Gasteiger partial charge on any atom is 0.253 e. The number of anilines is 1. The van der Waals surface area contributed by atoms with Gasteiger partial charge >= 0.3 is 0 Å². The van der Waals surface area contributed by atoms with Gasteiger partial charge in [0.15, 0.2) is 0 Å². The Bertz CT molecular complexity index is 1210. The van der Waals surface area contributed by atoms with E-state index in [4.69, 9.17) is 11.6 Å². The smallest absolute Gasteiger partial charge is 0.253 e. The van der Waals surface area contributed by atoms with Gasteiger partial charge in [0.05, 0.1) is 10.6 Å². The molecule has 0 bridgehead atoms. The molecule has 2 N–H and O–H groups in total. The van der Waals surface area contributed by atoms with Crippen molar-refractivity contribution < 1.29 is 9.59 Å². The summed E-state index contributed by atoms with van der Waals surface area (Å²) in [4.78, 5) is 25.9. The lowest BCUT2D eigenvalue weighted by atomic mass is 10.0. The van der Waals surface area contributed by atoms with Crippen LogP contribution in [0.4, 0.5) is 5.13 Å². The Kier molecular flexibility index (Phi) is 6.89. The lowest BCUT2D eigenvalue weighted by molar-refractivity contribution is -0.118. The van der Waals surface area contributed by atoms with Gasteiger partial charge in [-0.3, -0.25) is 14.9 Å². The van der Waals surface area contributed by atoms with Crippen LogP contribution in [0.15, 0.2) is 84.9 Å². The number of nitrogens with zero attached hydrogens (tertiary/aromatic N) is 2. The third kappa shape index (κ3) is 5.38. The fourth-order valence-electron chi connectivity index (χ4n) is 3.10. The maximum atomic E-state index is 13.1. The van der Waals surface area contributed by atoms with Crippen molar-refractivity contribution in [2.45, 2.75) is 12.5 Å². The molecule has 0 saturated carbocycles. The Labute approximate surface area is 194 Å². The molecule has 0 saturated heterocycles. The standard InChI is InChI=1S/C24H19ClN4O2S/c25-19-14-8-7-13-18(19)21(30)26-20(15-16-9-3-1-4-10-16)22(31)27-24-29-28-23(32-24)17-11-5-2-6-12-17/h1-14,20H,15H2,(H,26,30)(H,27,29,31). The van der Waals surface area contributed by atoms with Crippen LogP contribution >= 0.6 is 22.9 Å². The van der Waals surface area contributed by atoms with E-state index >= 15 is 0 Å². The second kappa shape index (κ2) is 10.2. The van der Waals surface area contributed by atoms with Crippen molar-refractivity contribution in [1.29, 1.82) is 0 Å². The van der Waals surface area contributed by atoms with Crippen LogP contribution in [0.25, 0.3) is 10.6 Å². The number of hydrogen-bond donors (Lipinski definition) is 2. The molecule has 1 aromatic heterocycles. The molecule has 8 heteroatoms. The van der Waals surface area contributed by atoms with Crippen LogP contribution in [0.5, 0.6) is 0 Å². The summed E-state index contributed by atoms with van der Waals surface area (Å²) in [6.45, 7) is 0. The molecule has 2 amide bonds. The third-order valence-electron chi connectivity index (χ3n) is 4.70. The van der Waals surface area contributed by atoms with Crippen LogP contribution in [0, 0.1) is 0 Å². The number of amides is 2. The SMILES string of the molecule is O=C(NC(Cc1ccccc1)C(=O)Nc1nnc(-c2ccccc2)s1)c1ccccc1Cl. The van der Waals surface area contributed by atoms with E-state index in [1.807, 2.05) is 60.7 Å². The highest BCUT2D eigenvalue weighted by Gasteiger charge is 2.24. The Hall–Kier alpha value is -3.55. The molecular weight excluding hydrogens is 444 g/mol. The van der Waals surface area contributed by atoms with E-state index in [1.165, 1.54) is 11.3 Å². The minimum Gasteiger partial charge on any atom is -0.340 e. The molecule has 1 heterocycles. The minimum absolute atomic E-state index is 0.308. The minimum atomic E-state index is -0.828. The molecule has 160 valence electrons. The van der Waals surface area contributed by atoms with Crippen LogP contribution in [-0.4, -0.2) is 28.1 Å². The summed E-state index contributed by atoms with van der Waals surface area (Å²) in [5, 5.41) is 15.2. The number of carbonyl (C=O) groups excluding carboxylic acids is 2. The Morgan fingerprint density at radius 1 is 0.875 bits per heavy atom. The summed E-state index contributed by atoms with van der Waals surface area (Å²) in [5.74, 6) is -0.807. The van der Waals surface area contributed by atoms with Gasteiger partial charge in [0.1, 0.15) is 11.0 Å². The van der Waals surface area contributed by atoms with Crippen molar-refractivity contribution in [2.24, 2.45) is 0 Å². The first-order valence-corrected chi connectivity index (χ1v) is 11.1. The zero-order chi connectivity index (χ0) is 22.3. The highest BCUT2D eigenvalue weighted by molar-refractivity contribution is 7.18. The van der Waals surface area contributed by atoms with Crippen molar-refractivity contribution >= 4 is 39.9 Å². The number of benzene rings is 3. The van der Waals surface area contributed by atoms with E-state index in [1.54, 1.807) is 24.3 Å². The number of carbonyl (C=O) groups is 2. The Morgan fingerprint density at radius 2 is 1.53 bits per heavy atom. The second-order valence-corrected chi connectivity index (χ2v) is 8.35. The normalized spacial score (nSPS) is 11.5. The van der Waals surface area contributed by atoms with Gasteiger partial charge in [0.2, 0.25) is 11.0 Å². The van der Waals surface area contributed by atoms with Crippen molar-refractivity contribution in [2.75, 3.05) is 5.32 Å². The molecule has 1 unspecified atom stereocenters. The van der Waals surface area contributed by atoms with Crippen LogP contribution in [0.1, 0.15) is 15.9 Å². The van der Waals surface area contributed by atoms with Gasteiger partial charge in [-0.1, -0.05) is 95.7 Å². The van der Waals surface area contributed by atoms with E-state index in [0.717, 1.165) is 11.1 Å². The summed E-state index contributed by atoms with van der Waals surface area (Å²) < 4.78 is 0. The number of aromatic nitrogens is 2. The highest BCUT2D eigenvalue weighted by atomic mass is 35.5. The summed E-state index contributed by atoms with van der Waals surface area (Å²) in [6, 6.07) is 25.0. The maximum absolute atomic E-state index is 13.1. The average Bonchev–Trinajstić information content (AvgIpc) is 3.28. The fraction of sp³-hybridized carbons (Fsp3) is 0.0833. The average molecular weight is 463 g/mol. The van der Waals surface area contributed by atoms with E-state index in [0.29, 0.717) is 27.1 Å². The van der Waals surface area contributed by atoms with Gasteiger partial charge in [0.25, 0.3) is 5.91 Å². The fourth-order valence-corrected chi connectivity index (χ4v) is 4.08. The lowest BCUT2D eigenvalue weighted by Crippen LogP contribution is -2.45. The topological polar surface area (TPSA) is 84.0 Å². The molecule has 0 aliphatic heterocycles. The molecule has 0 spiro atoms. The second-order valence-electron chi connectivity index (χ2n) is 6.96. The first-order chi connectivity index (χ1) is 15.6. The van der Waals surface area contributed by atoms with Gasteiger partial charge in [-0.05, 0) is 17.7 Å². The summed E-state index contributed by atoms with van der Waals surface area (Å²) in [5.41, 5.74) is 2.13. The molecule has 4 aromatic rings. The van der Waals surface area contributed by atoms with Crippen molar-refractivity contribution in [1.82, 2.24) is 15.5 Å². The monoisotopic (exact) mass is 462 g/mol. The zero-order valence-electron chi connectivity index (χ0n) is 16.9. The Morgan fingerprint density at radius 3 is 2.25 bits per heavy atom. The van der Waals surface area contributed by atoms with Gasteiger partial charge in [-0.25, -0.2) is 0 Å². The number of nitrogens with one attached hydrogen (secondary N) is 2. The third-order valence-corrected chi connectivity index (χ3v) is 5.92. The van der Waals surface area contributed by atoms with Crippen molar-refractivity contribution in [3.8, 4) is 10.6 Å². The van der Waals surface area contributed by atoms with Gasteiger partial charge in [0, 0.05) is 12.0 Å². The lowest BCUT2D eigenvalue weighted by Gasteiger charge is -2.18. The van der Waals surface area contributed by atoms with Crippen molar-refractivity contribution in [3.05, 3.63) is 101 Å². The molecule has 0 radical (unpaired) electrons. The van der Waals surface area contributed by atoms with E-state index in [-0.39, 0.29) is 5.91 Å². The molecule has 4 rings (SSSR count). The van der Waals surface area contributed by atoms with Crippen LogP contribution in [-0.2, 0) is 11.2 Å². The van der Waals surface area contributed by atoms with Gasteiger partial charge in [-0.15, -0.1) is 10.2 Å². The number of halogens is 1. The van der Waals surface area contributed by atoms with Crippen LogP contribution in [0.2, 0.25) is 5.02 Å². The van der Waals surface area contributed by atoms with Crippen LogP contribution < -0.4 is 10.6 Å². The summed E-state index contributed by atoms with van der Waals surface area (Å²) in [6.07, 6.45) is 0.313. The summed E-state index contributed by atoms with van der Waals surface area (Å²) in [7, 11) is 0. The van der Waals surface area contributed by atoms with E-state index in [2.05, 4.69) is 20.8 Å². The van der Waals surface area contributed by atoms with Crippen molar-refractivity contribution in [3.63, 3.8) is 0 Å². The highest BCUT2D eigenvalue weighted by Crippen LogP contribution is 2.26. The first kappa shape index (κ1) is 21.7. The predicted molar refractivity (Wildman–Crippen MR) is 127 cm³/mol. The van der Waals surface area contributed by atoms with E-state index < -0.39 is 11.9 Å². The van der Waals surface area contributed by atoms with E-state index in [9.17, 15) is 9.59 Å². The predicted octanol–water partition coefficient (Wildman–Crippen LogP) is 4.84. The number of hydrogen-bond acceptors (Lipinski definition) is 5. The summed E-state index contributed by atoms with van der Waals surface area (Å²) >= 11 is 7.42. The molecule has 0 aliphatic rings. The quantitative estimate of drug-likeness (QED) is 0.411. The molecule has 3 aromatic carbocycles. The Balaban J connectivity index is 1.52. The van der Waals surface area contributed by atoms with Crippen LogP contribution in [0.3, 0.4) is 0 Å². The molecule has 0 aliphatic carbocycles. The molecule has 32 heavy (non-hydrogen) atoms. The molecule has 0 fully saturated rings. The largest absolute Gasteiger partial charge is 0.340 e. The van der Waals surface area contributed by atoms with Gasteiger partial charge in [-0.2, -0.15) is 0 Å². The van der Waals surface area contributed by atoms with Gasteiger partial charge < -0.3 is 5.32 Å². The molecule has 6 nitrogen and oxygen atoms in total. The molecular formula is C24H19ClN4O2S. The molecule has 1 atom stereocenters. The first-order valence-electron chi connectivity index (χ1n) is 9.89.